The number of morpholine rings is 1. The van der Waals surface area contributed by atoms with Crippen molar-refractivity contribution in [2.24, 2.45) is 0 Å². The molecule has 1 aliphatic rings. The minimum atomic E-state index is -0.492. The number of aromatic nitrogens is 1. The molecule has 0 bridgehead atoms. The number of ether oxygens (including phenoxy) is 1. The molecule has 1 aromatic carbocycles. The number of hydrazine groups is 1. The van der Waals surface area contributed by atoms with Crippen molar-refractivity contribution in [1.29, 1.82) is 0 Å². The summed E-state index contributed by atoms with van der Waals surface area (Å²) in [5.74, 6) is -0.972. The van der Waals surface area contributed by atoms with Gasteiger partial charge in [-0.2, -0.15) is 0 Å². The summed E-state index contributed by atoms with van der Waals surface area (Å²) in [5.41, 5.74) is 1.28. The third kappa shape index (κ3) is 2.63. The number of carbonyl (C=O) groups excluding carboxylic acids is 2. The number of fused-ring (bicyclic) bond motifs is 1. The second-order valence-electron chi connectivity index (χ2n) is 5.16. The zero-order chi connectivity index (χ0) is 15.5. The fraction of sp³-hybridized carbons (Fsp3) is 0.375. The van der Waals surface area contributed by atoms with Gasteiger partial charge in [0.2, 0.25) is 0 Å². The van der Waals surface area contributed by atoms with Gasteiger partial charge in [0.05, 0.1) is 18.8 Å². The Balaban J connectivity index is 1.85. The predicted octanol–water partition coefficient (Wildman–Crippen LogP) is 1.45. The highest BCUT2D eigenvalue weighted by molar-refractivity contribution is 6.44. The standard InChI is InChI=1S/C16H19N3O3/c1-2-19(18-7-9-22-10-8-18)16(21)15(20)13-11-17-14-6-4-3-5-12(13)14/h3-6,11,17H,2,7-10H2,1H3. The van der Waals surface area contributed by atoms with Gasteiger partial charge in [0, 0.05) is 36.7 Å². The van der Waals surface area contributed by atoms with Crippen molar-refractivity contribution in [3.05, 3.63) is 36.0 Å². The largest absolute Gasteiger partial charge is 0.379 e. The fourth-order valence-electron chi connectivity index (χ4n) is 2.76. The van der Waals surface area contributed by atoms with E-state index in [9.17, 15) is 9.59 Å². The number of para-hydroxylation sites is 1. The number of amides is 1. The normalized spacial score (nSPS) is 15.9. The Labute approximate surface area is 128 Å². The van der Waals surface area contributed by atoms with Crippen LogP contribution in [0.15, 0.2) is 30.5 Å². The van der Waals surface area contributed by atoms with Crippen molar-refractivity contribution >= 4 is 22.6 Å². The minimum Gasteiger partial charge on any atom is -0.379 e. The van der Waals surface area contributed by atoms with Gasteiger partial charge in [-0.3, -0.25) is 14.6 Å². The first-order chi connectivity index (χ1) is 10.7. The molecule has 6 heteroatoms. The van der Waals surface area contributed by atoms with Crippen LogP contribution in [0, 0.1) is 0 Å². The number of H-pyrrole nitrogens is 1. The van der Waals surface area contributed by atoms with E-state index in [1.54, 1.807) is 6.20 Å². The van der Waals surface area contributed by atoms with E-state index >= 15 is 0 Å². The maximum Gasteiger partial charge on any atom is 0.309 e. The molecule has 1 N–H and O–H groups in total. The second-order valence-corrected chi connectivity index (χ2v) is 5.16. The number of hydrogen-bond acceptors (Lipinski definition) is 4. The van der Waals surface area contributed by atoms with Gasteiger partial charge >= 0.3 is 5.91 Å². The molecule has 2 heterocycles. The number of nitrogens with one attached hydrogen (secondary N) is 1. The number of benzene rings is 1. The van der Waals surface area contributed by atoms with E-state index in [2.05, 4.69) is 4.98 Å². The van der Waals surface area contributed by atoms with Crippen molar-refractivity contribution in [3.8, 4) is 0 Å². The molecule has 1 saturated heterocycles. The maximum absolute atomic E-state index is 12.6. The van der Waals surface area contributed by atoms with E-state index in [4.69, 9.17) is 4.74 Å². The average molecular weight is 301 g/mol. The summed E-state index contributed by atoms with van der Waals surface area (Å²) in [5, 5.41) is 4.18. The molecule has 0 atom stereocenters. The number of carbonyl (C=O) groups is 2. The number of ketones is 1. The van der Waals surface area contributed by atoms with E-state index in [-0.39, 0.29) is 0 Å². The van der Waals surface area contributed by atoms with Crippen molar-refractivity contribution in [3.63, 3.8) is 0 Å². The third-order valence-electron chi connectivity index (χ3n) is 3.89. The minimum absolute atomic E-state index is 0.423. The van der Waals surface area contributed by atoms with Crippen LogP contribution >= 0.6 is 0 Å². The molecule has 22 heavy (non-hydrogen) atoms. The molecule has 0 radical (unpaired) electrons. The lowest BCUT2D eigenvalue weighted by Gasteiger charge is -2.36. The van der Waals surface area contributed by atoms with Crippen LogP contribution in [-0.2, 0) is 9.53 Å². The van der Waals surface area contributed by atoms with E-state index in [1.165, 1.54) is 5.01 Å². The van der Waals surface area contributed by atoms with Crippen LogP contribution in [-0.4, -0.2) is 59.5 Å². The molecule has 1 fully saturated rings. The van der Waals surface area contributed by atoms with E-state index < -0.39 is 11.7 Å². The second kappa shape index (κ2) is 6.29. The summed E-state index contributed by atoms with van der Waals surface area (Å²) in [4.78, 5) is 28.2. The van der Waals surface area contributed by atoms with Gasteiger partial charge in [-0.05, 0) is 13.0 Å². The number of likely N-dealkylation sites (N-methyl/N-ethyl adjacent to an activating group) is 1. The summed E-state index contributed by atoms with van der Waals surface area (Å²) in [6.07, 6.45) is 1.61. The topological polar surface area (TPSA) is 65.6 Å². The lowest BCUT2D eigenvalue weighted by Crippen LogP contribution is -2.53. The fourth-order valence-corrected chi connectivity index (χ4v) is 2.76. The number of aromatic amines is 1. The van der Waals surface area contributed by atoms with Crippen molar-refractivity contribution in [1.82, 2.24) is 15.0 Å². The van der Waals surface area contributed by atoms with E-state index in [0.717, 1.165) is 10.9 Å². The molecule has 2 aromatic rings. The number of nitrogens with zero attached hydrogens (tertiary/aromatic N) is 2. The summed E-state index contributed by atoms with van der Waals surface area (Å²) >= 11 is 0. The molecular formula is C16H19N3O3. The van der Waals surface area contributed by atoms with Gasteiger partial charge in [-0.15, -0.1) is 0 Å². The van der Waals surface area contributed by atoms with Crippen LogP contribution in [0.1, 0.15) is 17.3 Å². The SMILES string of the molecule is CCN(C(=O)C(=O)c1c[nH]c2ccccc12)N1CCOCC1. The number of rotatable bonds is 4. The lowest BCUT2D eigenvalue weighted by atomic mass is 10.1. The highest BCUT2D eigenvalue weighted by Gasteiger charge is 2.29. The predicted molar refractivity (Wildman–Crippen MR) is 82.4 cm³/mol. The summed E-state index contributed by atoms with van der Waals surface area (Å²) < 4.78 is 5.29. The Morgan fingerprint density at radius 3 is 2.73 bits per heavy atom. The zero-order valence-corrected chi connectivity index (χ0v) is 12.5. The molecule has 116 valence electrons. The molecule has 0 spiro atoms. The van der Waals surface area contributed by atoms with Crippen molar-refractivity contribution in [2.75, 3.05) is 32.8 Å². The Hall–Kier alpha value is -2.18. The molecule has 0 saturated carbocycles. The molecular weight excluding hydrogens is 282 g/mol. The third-order valence-corrected chi connectivity index (χ3v) is 3.89. The van der Waals surface area contributed by atoms with Crippen LogP contribution < -0.4 is 0 Å². The molecule has 1 amide bonds. The van der Waals surface area contributed by atoms with Crippen molar-refractivity contribution < 1.29 is 14.3 Å². The highest BCUT2D eigenvalue weighted by atomic mass is 16.5. The Bertz CT molecular complexity index is 689. The van der Waals surface area contributed by atoms with E-state index in [1.807, 2.05) is 36.2 Å². The number of Topliss-reactive ketones (excluding diaryl/α,β-unsaturated/α-hetero) is 1. The quantitative estimate of drug-likeness (QED) is 0.685. The van der Waals surface area contributed by atoms with Gasteiger partial charge in [0.25, 0.3) is 5.78 Å². The van der Waals surface area contributed by atoms with Gasteiger partial charge in [-0.25, -0.2) is 5.01 Å². The molecule has 3 rings (SSSR count). The van der Waals surface area contributed by atoms with Crippen LogP contribution in [0.2, 0.25) is 0 Å². The highest BCUT2D eigenvalue weighted by Crippen LogP contribution is 2.19. The lowest BCUT2D eigenvalue weighted by molar-refractivity contribution is -0.150. The molecule has 6 nitrogen and oxygen atoms in total. The first-order valence-corrected chi connectivity index (χ1v) is 7.47. The smallest absolute Gasteiger partial charge is 0.309 e. The van der Waals surface area contributed by atoms with Gasteiger partial charge in [-0.1, -0.05) is 18.2 Å². The maximum atomic E-state index is 12.6. The molecule has 0 aliphatic carbocycles. The average Bonchev–Trinajstić information content (AvgIpc) is 3.00. The van der Waals surface area contributed by atoms with Crippen LogP contribution in [0.4, 0.5) is 0 Å². The van der Waals surface area contributed by atoms with E-state index in [0.29, 0.717) is 38.4 Å². The van der Waals surface area contributed by atoms with Crippen LogP contribution in [0.3, 0.4) is 0 Å². The Kier molecular flexibility index (Phi) is 4.22. The van der Waals surface area contributed by atoms with Crippen LogP contribution in [0.5, 0.6) is 0 Å². The molecule has 1 aromatic heterocycles. The van der Waals surface area contributed by atoms with Gasteiger partial charge in [0.1, 0.15) is 0 Å². The molecule has 1 aliphatic heterocycles. The number of hydrogen-bond donors (Lipinski definition) is 1. The van der Waals surface area contributed by atoms with Crippen LogP contribution in [0.25, 0.3) is 10.9 Å². The Morgan fingerprint density at radius 2 is 2.00 bits per heavy atom. The molecule has 0 unspecified atom stereocenters. The van der Waals surface area contributed by atoms with Gasteiger partial charge < -0.3 is 9.72 Å². The monoisotopic (exact) mass is 301 g/mol. The zero-order valence-electron chi connectivity index (χ0n) is 12.5. The summed E-state index contributed by atoms with van der Waals surface area (Å²) in [6, 6.07) is 7.48. The Morgan fingerprint density at radius 1 is 1.27 bits per heavy atom. The summed E-state index contributed by atoms with van der Waals surface area (Å²) in [7, 11) is 0. The first kappa shape index (κ1) is 14.7. The van der Waals surface area contributed by atoms with Gasteiger partial charge in [0.15, 0.2) is 0 Å². The first-order valence-electron chi connectivity index (χ1n) is 7.47. The van der Waals surface area contributed by atoms with Crippen molar-refractivity contribution in [2.45, 2.75) is 6.92 Å². The summed E-state index contributed by atoms with van der Waals surface area (Å²) in [6.45, 7) is 4.74.